The molecule has 1 heterocycles. The third-order valence-electron chi connectivity index (χ3n) is 3.75. The van der Waals surface area contributed by atoms with Crippen LogP contribution in [0.1, 0.15) is 19.9 Å². The minimum Gasteiger partial charge on any atom is -0.497 e. The molecule has 24 heavy (non-hydrogen) atoms. The van der Waals surface area contributed by atoms with Gasteiger partial charge in [-0.05, 0) is 56.3 Å². The number of rotatable bonds is 5. The van der Waals surface area contributed by atoms with Crippen molar-refractivity contribution < 1.29 is 13.2 Å². The van der Waals surface area contributed by atoms with E-state index in [0.29, 0.717) is 11.4 Å². The zero-order valence-electron chi connectivity index (χ0n) is 13.7. The Morgan fingerprint density at radius 3 is 2.46 bits per heavy atom. The van der Waals surface area contributed by atoms with E-state index in [1.165, 1.54) is 19.2 Å². The summed E-state index contributed by atoms with van der Waals surface area (Å²) in [5, 5.41) is 0. The van der Waals surface area contributed by atoms with Crippen LogP contribution >= 0.6 is 0 Å². The maximum Gasteiger partial charge on any atom is 0.261 e. The van der Waals surface area contributed by atoms with Crippen LogP contribution in [0.15, 0.2) is 53.7 Å². The quantitative estimate of drug-likeness (QED) is 0.769. The number of nitrogens with zero attached hydrogens (tertiary/aromatic N) is 2. The Kier molecular flexibility index (Phi) is 4.19. The van der Waals surface area contributed by atoms with Gasteiger partial charge in [-0.2, -0.15) is 0 Å². The van der Waals surface area contributed by atoms with Gasteiger partial charge in [-0.1, -0.05) is 0 Å². The van der Waals surface area contributed by atoms with Gasteiger partial charge in [0.2, 0.25) is 0 Å². The number of imidazole rings is 1. The molecule has 7 heteroatoms. The Morgan fingerprint density at radius 2 is 1.83 bits per heavy atom. The number of aromatic nitrogens is 2. The van der Waals surface area contributed by atoms with E-state index < -0.39 is 10.0 Å². The lowest BCUT2D eigenvalue weighted by Crippen LogP contribution is -2.12. The minimum atomic E-state index is -3.66. The molecule has 3 rings (SSSR count). The number of methoxy groups -OCH3 is 1. The highest BCUT2D eigenvalue weighted by molar-refractivity contribution is 7.92. The van der Waals surface area contributed by atoms with Gasteiger partial charge in [0, 0.05) is 6.04 Å². The standard InChI is InChI=1S/C17H19N3O3S/c1-12(2)20-11-18-16-10-13(4-9-17(16)20)19-24(21,22)15-7-5-14(23-3)6-8-15/h4-12,19H,1-3H3. The normalized spacial score (nSPS) is 11.8. The van der Waals surface area contributed by atoms with Crippen LogP contribution in [0.2, 0.25) is 0 Å². The van der Waals surface area contributed by atoms with E-state index in [1.807, 2.05) is 10.6 Å². The molecule has 126 valence electrons. The van der Waals surface area contributed by atoms with E-state index >= 15 is 0 Å². The summed E-state index contributed by atoms with van der Waals surface area (Å²) in [5.74, 6) is 0.606. The van der Waals surface area contributed by atoms with Crippen LogP contribution < -0.4 is 9.46 Å². The summed E-state index contributed by atoms with van der Waals surface area (Å²) >= 11 is 0. The van der Waals surface area contributed by atoms with E-state index in [2.05, 4.69) is 23.6 Å². The van der Waals surface area contributed by atoms with Gasteiger partial charge < -0.3 is 9.30 Å². The predicted octanol–water partition coefficient (Wildman–Crippen LogP) is 3.43. The van der Waals surface area contributed by atoms with Crippen molar-refractivity contribution in [3.8, 4) is 5.75 Å². The lowest BCUT2D eigenvalue weighted by molar-refractivity contribution is 0.414. The maximum absolute atomic E-state index is 12.5. The van der Waals surface area contributed by atoms with Crippen LogP contribution in [-0.4, -0.2) is 25.1 Å². The van der Waals surface area contributed by atoms with Crippen molar-refractivity contribution in [1.82, 2.24) is 9.55 Å². The first-order valence-electron chi connectivity index (χ1n) is 7.54. The number of anilines is 1. The van der Waals surface area contributed by atoms with Crippen molar-refractivity contribution in [2.75, 3.05) is 11.8 Å². The summed E-state index contributed by atoms with van der Waals surface area (Å²) in [6.45, 7) is 4.14. The van der Waals surface area contributed by atoms with Crippen LogP contribution in [0.3, 0.4) is 0 Å². The van der Waals surface area contributed by atoms with Gasteiger partial charge in [0.15, 0.2) is 0 Å². The third-order valence-corrected chi connectivity index (χ3v) is 5.15. The SMILES string of the molecule is COc1ccc(S(=O)(=O)Nc2ccc3c(c2)ncn3C(C)C)cc1. The molecule has 0 unspecified atom stereocenters. The fourth-order valence-electron chi connectivity index (χ4n) is 2.48. The van der Waals surface area contributed by atoms with Crippen LogP contribution in [0.5, 0.6) is 5.75 Å². The molecule has 0 radical (unpaired) electrons. The molecule has 0 fully saturated rings. The molecule has 0 atom stereocenters. The molecule has 2 aromatic carbocycles. The molecule has 0 aliphatic heterocycles. The van der Waals surface area contributed by atoms with Gasteiger partial charge in [0.25, 0.3) is 10.0 Å². The van der Waals surface area contributed by atoms with Crippen molar-refractivity contribution >= 4 is 26.7 Å². The topological polar surface area (TPSA) is 73.2 Å². The fourth-order valence-corrected chi connectivity index (χ4v) is 3.53. The van der Waals surface area contributed by atoms with E-state index in [-0.39, 0.29) is 10.9 Å². The first kappa shape index (κ1) is 16.3. The summed E-state index contributed by atoms with van der Waals surface area (Å²) < 4.78 is 34.6. The Morgan fingerprint density at radius 1 is 1.12 bits per heavy atom. The van der Waals surface area contributed by atoms with E-state index in [0.717, 1.165) is 11.0 Å². The Hall–Kier alpha value is -2.54. The number of hydrogen-bond acceptors (Lipinski definition) is 4. The van der Waals surface area contributed by atoms with Crippen molar-refractivity contribution in [3.63, 3.8) is 0 Å². The minimum absolute atomic E-state index is 0.177. The zero-order valence-corrected chi connectivity index (χ0v) is 14.5. The van der Waals surface area contributed by atoms with Crippen LogP contribution in [0.25, 0.3) is 11.0 Å². The molecular formula is C17H19N3O3S. The monoisotopic (exact) mass is 345 g/mol. The highest BCUT2D eigenvalue weighted by atomic mass is 32.2. The number of sulfonamides is 1. The van der Waals surface area contributed by atoms with E-state index in [1.54, 1.807) is 30.6 Å². The second-order valence-corrected chi connectivity index (χ2v) is 7.41. The van der Waals surface area contributed by atoms with Gasteiger partial charge >= 0.3 is 0 Å². The number of fused-ring (bicyclic) bond motifs is 1. The summed E-state index contributed by atoms with van der Waals surface area (Å²) in [7, 11) is -2.12. The number of ether oxygens (including phenoxy) is 1. The lowest BCUT2D eigenvalue weighted by atomic mass is 10.2. The van der Waals surface area contributed by atoms with Crippen molar-refractivity contribution in [1.29, 1.82) is 0 Å². The second kappa shape index (κ2) is 6.16. The van der Waals surface area contributed by atoms with E-state index in [9.17, 15) is 8.42 Å². The molecular weight excluding hydrogens is 326 g/mol. The van der Waals surface area contributed by atoms with Crippen molar-refractivity contribution in [2.45, 2.75) is 24.8 Å². The molecule has 0 saturated carbocycles. The van der Waals surface area contributed by atoms with Gasteiger partial charge in [0.05, 0.1) is 35.1 Å². The molecule has 6 nitrogen and oxygen atoms in total. The fraction of sp³-hybridized carbons (Fsp3) is 0.235. The van der Waals surface area contributed by atoms with Crippen LogP contribution in [0, 0.1) is 0 Å². The number of benzene rings is 2. The van der Waals surface area contributed by atoms with Gasteiger partial charge in [-0.15, -0.1) is 0 Å². The Balaban J connectivity index is 1.90. The third kappa shape index (κ3) is 3.07. The van der Waals surface area contributed by atoms with Gasteiger partial charge in [-0.25, -0.2) is 13.4 Å². The predicted molar refractivity (Wildman–Crippen MR) is 93.9 cm³/mol. The van der Waals surface area contributed by atoms with Crippen molar-refractivity contribution in [2.24, 2.45) is 0 Å². The molecule has 0 bridgehead atoms. The average molecular weight is 345 g/mol. The number of nitrogens with one attached hydrogen (secondary N) is 1. The summed E-state index contributed by atoms with van der Waals surface area (Å²) in [6.07, 6.45) is 1.76. The molecule has 3 aromatic rings. The molecule has 0 amide bonds. The summed E-state index contributed by atoms with van der Waals surface area (Å²) in [6, 6.07) is 11.9. The second-order valence-electron chi connectivity index (χ2n) is 5.73. The Bertz CT molecular complexity index is 960. The first-order chi connectivity index (χ1) is 11.4. The first-order valence-corrected chi connectivity index (χ1v) is 9.02. The smallest absolute Gasteiger partial charge is 0.261 e. The molecule has 1 N–H and O–H groups in total. The van der Waals surface area contributed by atoms with E-state index in [4.69, 9.17) is 4.74 Å². The van der Waals surface area contributed by atoms with Gasteiger partial charge in [0.1, 0.15) is 5.75 Å². The van der Waals surface area contributed by atoms with Crippen LogP contribution in [0.4, 0.5) is 5.69 Å². The average Bonchev–Trinajstić information content (AvgIpc) is 2.98. The summed E-state index contributed by atoms with van der Waals surface area (Å²) in [4.78, 5) is 4.51. The lowest BCUT2D eigenvalue weighted by Gasteiger charge is -2.10. The summed E-state index contributed by atoms with van der Waals surface area (Å²) in [5.41, 5.74) is 2.20. The molecule has 0 saturated heterocycles. The number of hydrogen-bond donors (Lipinski definition) is 1. The highest BCUT2D eigenvalue weighted by Gasteiger charge is 2.15. The molecule has 1 aromatic heterocycles. The maximum atomic E-state index is 12.5. The van der Waals surface area contributed by atoms with Crippen molar-refractivity contribution in [3.05, 3.63) is 48.8 Å². The molecule has 0 aliphatic carbocycles. The molecule has 0 spiro atoms. The molecule has 0 aliphatic rings. The highest BCUT2D eigenvalue weighted by Crippen LogP contribution is 2.24. The zero-order chi connectivity index (χ0) is 17.3. The van der Waals surface area contributed by atoms with Crippen LogP contribution in [-0.2, 0) is 10.0 Å². The van der Waals surface area contributed by atoms with Gasteiger partial charge in [-0.3, -0.25) is 4.72 Å². The largest absolute Gasteiger partial charge is 0.497 e. The Labute approximate surface area is 141 Å².